The molecule has 25 heavy (non-hydrogen) atoms. The summed E-state index contributed by atoms with van der Waals surface area (Å²) < 4.78 is 26.7. The van der Waals surface area contributed by atoms with Crippen LogP contribution in [-0.2, 0) is 15.1 Å². The molecule has 4 aliphatic carbocycles. The molecule has 0 aromatic heterocycles. The molecule has 5 rings (SSSR count). The molecule has 0 spiro atoms. The second kappa shape index (κ2) is 5.71. The molecule has 6 nitrogen and oxygen atoms in total. The predicted octanol–water partition coefficient (Wildman–Crippen LogP) is 2.73. The second-order valence-corrected chi connectivity index (χ2v) is 9.36. The van der Waals surface area contributed by atoms with Crippen molar-refractivity contribution in [2.45, 2.75) is 45.4 Å². The Bertz CT molecular complexity index is 783. The molecule has 0 unspecified atom stereocenters. The number of amides is 1. The zero-order valence-corrected chi connectivity index (χ0v) is 15.1. The van der Waals surface area contributed by atoms with Crippen LogP contribution in [-0.4, -0.2) is 14.3 Å². The molecule has 1 aromatic carbocycles. The van der Waals surface area contributed by atoms with E-state index in [0.717, 1.165) is 24.8 Å². The third-order valence-electron chi connectivity index (χ3n) is 6.18. The van der Waals surface area contributed by atoms with Crippen LogP contribution >= 0.6 is 0 Å². The summed E-state index contributed by atoms with van der Waals surface area (Å²) in [6.07, 6.45) is 6.92. The Morgan fingerprint density at radius 3 is 2.20 bits per heavy atom. The van der Waals surface area contributed by atoms with Gasteiger partial charge in [-0.3, -0.25) is 4.79 Å². The topological polar surface area (TPSA) is 98.5 Å². The van der Waals surface area contributed by atoms with Crippen LogP contribution in [0.5, 0.6) is 5.75 Å². The predicted molar refractivity (Wildman–Crippen MR) is 94.1 cm³/mol. The molecule has 136 valence electrons. The van der Waals surface area contributed by atoms with E-state index in [0.29, 0.717) is 23.4 Å². The zero-order chi connectivity index (χ0) is 17.8. The minimum absolute atomic E-state index is 0.120. The van der Waals surface area contributed by atoms with Gasteiger partial charge in [0.1, 0.15) is 5.75 Å². The highest BCUT2D eigenvalue weighted by Crippen LogP contribution is 2.60. The SMILES string of the molecule is Cc1cc(OS(N)(=O)=O)ccc1NC(=O)C12CC3CC(CC(C3)C1)C2. The van der Waals surface area contributed by atoms with Gasteiger partial charge in [-0.05, 0) is 87.0 Å². The highest BCUT2D eigenvalue weighted by molar-refractivity contribution is 7.84. The van der Waals surface area contributed by atoms with Crippen molar-refractivity contribution in [1.82, 2.24) is 0 Å². The van der Waals surface area contributed by atoms with E-state index in [2.05, 4.69) is 9.50 Å². The average molecular weight is 364 g/mol. The first-order valence-corrected chi connectivity index (χ1v) is 10.3. The summed E-state index contributed by atoms with van der Waals surface area (Å²) in [7, 11) is -4.05. The lowest BCUT2D eigenvalue weighted by molar-refractivity contribution is -0.140. The minimum atomic E-state index is -4.05. The second-order valence-electron chi connectivity index (χ2n) is 8.20. The average Bonchev–Trinajstić information content (AvgIpc) is 2.47. The van der Waals surface area contributed by atoms with Gasteiger partial charge in [0.05, 0.1) is 5.41 Å². The first-order chi connectivity index (χ1) is 11.7. The lowest BCUT2D eigenvalue weighted by Gasteiger charge is -2.55. The van der Waals surface area contributed by atoms with Gasteiger partial charge in [-0.1, -0.05) is 0 Å². The van der Waals surface area contributed by atoms with Crippen LogP contribution in [0.25, 0.3) is 0 Å². The molecule has 0 heterocycles. The number of anilines is 1. The van der Waals surface area contributed by atoms with Crippen molar-refractivity contribution in [3.63, 3.8) is 0 Å². The highest BCUT2D eigenvalue weighted by atomic mass is 32.2. The Kier molecular flexibility index (Phi) is 3.85. The van der Waals surface area contributed by atoms with Gasteiger partial charge < -0.3 is 9.50 Å². The number of benzene rings is 1. The summed E-state index contributed by atoms with van der Waals surface area (Å²) in [6, 6.07) is 4.75. The Balaban J connectivity index is 1.51. The smallest absolute Gasteiger partial charge is 0.371 e. The van der Waals surface area contributed by atoms with Gasteiger partial charge in [0.2, 0.25) is 5.91 Å². The molecular weight excluding hydrogens is 340 g/mol. The van der Waals surface area contributed by atoms with Gasteiger partial charge in [0.15, 0.2) is 0 Å². The quantitative estimate of drug-likeness (QED) is 0.858. The highest BCUT2D eigenvalue weighted by Gasteiger charge is 2.54. The number of rotatable bonds is 4. The molecule has 0 radical (unpaired) electrons. The van der Waals surface area contributed by atoms with Gasteiger partial charge in [0.25, 0.3) is 0 Å². The van der Waals surface area contributed by atoms with Gasteiger partial charge in [-0.15, -0.1) is 0 Å². The third-order valence-corrected chi connectivity index (χ3v) is 6.60. The van der Waals surface area contributed by atoms with E-state index in [1.54, 1.807) is 12.1 Å². The molecule has 1 aromatic rings. The molecule has 1 amide bonds. The molecule has 4 saturated carbocycles. The summed E-state index contributed by atoms with van der Waals surface area (Å²) in [5, 5.41) is 7.97. The molecule has 0 saturated heterocycles. The van der Waals surface area contributed by atoms with Crippen molar-refractivity contribution >= 4 is 21.9 Å². The summed E-state index contributed by atoms with van der Waals surface area (Å²) in [5.74, 6) is 2.40. The summed E-state index contributed by atoms with van der Waals surface area (Å²) in [5.41, 5.74) is 1.23. The van der Waals surface area contributed by atoms with Crippen molar-refractivity contribution in [2.24, 2.45) is 28.3 Å². The van der Waals surface area contributed by atoms with Crippen molar-refractivity contribution in [2.75, 3.05) is 5.32 Å². The maximum Gasteiger partial charge on any atom is 0.380 e. The lowest BCUT2D eigenvalue weighted by Crippen LogP contribution is -2.51. The zero-order valence-electron chi connectivity index (χ0n) is 14.3. The molecule has 7 heteroatoms. The van der Waals surface area contributed by atoms with Gasteiger partial charge in [-0.25, -0.2) is 0 Å². The fourth-order valence-corrected chi connectivity index (χ4v) is 5.98. The van der Waals surface area contributed by atoms with E-state index in [1.165, 1.54) is 25.3 Å². The Morgan fingerprint density at radius 2 is 1.72 bits per heavy atom. The van der Waals surface area contributed by atoms with Crippen LogP contribution in [0.1, 0.15) is 44.1 Å². The van der Waals surface area contributed by atoms with Gasteiger partial charge in [-0.2, -0.15) is 13.6 Å². The van der Waals surface area contributed by atoms with Crippen LogP contribution in [0.15, 0.2) is 18.2 Å². The van der Waals surface area contributed by atoms with Crippen molar-refractivity contribution in [3.8, 4) is 5.75 Å². The number of nitrogens with two attached hydrogens (primary N) is 1. The number of nitrogens with one attached hydrogen (secondary N) is 1. The van der Waals surface area contributed by atoms with Crippen LogP contribution in [0, 0.1) is 30.1 Å². The number of carbonyl (C=O) groups is 1. The molecule has 4 bridgehead atoms. The first kappa shape index (κ1) is 16.8. The Labute approximate surface area is 148 Å². The van der Waals surface area contributed by atoms with Gasteiger partial charge >= 0.3 is 10.3 Å². The van der Waals surface area contributed by atoms with E-state index < -0.39 is 10.3 Å². The lowest BCUT2D eigenvalue weighted by atomic mass is 9.49. The van der Waals surface area contributed by atoms with E-state index in [1.807, 2.05) is 6.92 Å². The number of aryl methyl sites for hydroxylation is 1. The monoisotopic (exact) mass is 364 g/mol. The van der Waals surface area contributed by atoms with Crippen LogP contribution in [0.4, 0.5) is 5.69 Å². The van der Waals surface area contributed by atoms with Crippen molar-refractivity contribution in [1.29, 1.82) is 0 Å². The Hall–Kier alpha value is -1.60. The minimum Gasteiger partial charge on any atom is -0.371 e. The molecular formula is C18H24N2O4S. The maximum atomic E-state index is 13.1. The normalized spacial score (nSPS) is 33.3. The third kappa shape index (κ3) is 3.27. The van der Waals surface area contributed by atoms with Crippen LogP contribution in [0.2, 0.25) is 0 Å². The Morgan fingerprint density at radius 1 is 1.16 bits per heavy atom. The summed E-state index contributed by atoms with van der Waals surface area (Å²) >= 11 is 0. The number of hydrogen-bond acceptors (Lipinski definition) is 4. The van der Waals surface area contributed by atoms with Gasteiger partial charge in [0, 0.05) is 5.69 Å². The first-order valence-electron chi connectivity index (χ1n) is 8.87. The standard InChI is InChI=1S/C18H24N2O4S/c1-11-4-15(24-25(19,22)23)2-3-16(11)20-17(21)18-8-12-5-13(9-18)7-14(6-12)10-18/h2-4,12-14H,5-10H2,1H3,(H,20,21)(H2,19,22,23). The number of hydrogen-bond donors (Lipinski definition) is 2. The summed E-state index contributed by atoms with van der Waals surface area (Å²) in [6.45, 7) is 1.81. The fraction of sp³-hybridized carbons (Fsp3) is 0.611. The summed E-state index contributed by atoms with van der Waals surface area (Å²) in [4.78, 5) is 13.1. The van der Waals surface area contributed by atoms with Crippen molar-refractivity contribution < 1.29 is 17.4 Å². The van der Waals surface area contributed by atoms with Crippen LogP contribution < -0.4 is 14.6 Å². The largest absolute Gasteiger partial charge is 0.380 e. The molecule has 4 fully saturated rings. The molecule has 0 atom stereocenters. The van der Waals surface area contributed by atoms with E-state index in [-0.39, 0.29) is 17.1 Å². The molecule has 0 aliphatic heterocycles. The molecule has 3 N–H and O–H groups in total. The van der Waals surface area contributed by atoms with E-state index in [4.69, 9.17) is 5.14 Å². The molecule has 4 aliphatic rings. The van der Waals surface area contributed by atoms with E-state index >= 15 is 0 Å². The van der Waals surface area contributed by atoms with E-state index in [9.17, 15) is 13.2 Å². The maximum absolute atomic E-state index is 13.1. The van der Waals surface area contributed by atoms with Crippen molar-refractivity contribution in [3.05, 3.63) is 23.8 Å². The fourth-order valence-electron chi connectivity index (χ4n) is 5.61. The van der Waals surface area contributed by atoms with Crippen LogP contribution in [0.3, 0.4) is 0 Å². The number of carbonyl (C=O) groups excluding carboxylic acids is 1.